The highest BCUT2D eigenvalue weighted by Crippen LogP contribution is 2.29. The molecule has 3 rings (SSSR count). The Hall–Kier alpha value is -3.00. The van der Waals surface area contributed by atoms with Crippen LogP contribution in [0.1, 0.15) is 44.2 Å². The van der Waals surface area contributed by atoms with Crippen molar-refractivity contribution in [3.63, 3.8) is 0 Å². The maximum atomic E-state index is 13.2. The van der Waals surface area contributed by atoms with E-state index in [0.29, 0.717) is 27.0 Å². The second kappa shape index (κ2) is 8.35. The van der Waals surface area contributed by atoms with Crippen LogP contribution in [0, 0.1) is 19.7 Å². The summed E-state index contributed by atoms with van der Waals surface area (Å²) in [6.07, 6.45) is 0. The molecular weight excluding hydrogens is 383 g/mol. The zero-order chi connectivity index (χ0) is 20.3. The van der Waals surface area contributed by atoms with Gasteiger partial charge < -0.3 is 9.15 Å². The summed E-state index contributed by atoms with van der Waals surface area (Å²) in [5.74, 6) is -0.482. The van der Waals surface area contributed by atoms with E-state index in [1.54, 1.807) is 45.0 Å². The van der Waals surface area contributed by atoms with Crippen LogP contribution in [0.15, 0.2) is 40.8 Å². The molecule has 0 atom stereocenters. The molecule has 0 aliphatic carbocycles. The number of carbonyl (C=O) groups excluding carboxylic acids is 2. The Balaban J connectivity index is 1.98. The third kappa shape index (κ3) is 4.28. The number of benzene rings is 1. The van der Waals surface area contributed by atoms with Crippen molar-refractivity contribution < 1.29 is 23.1 Å². The summed E-state index contributed by atoms with van der Waals surface area (Å²) in [7, 11) is 0. The molecule has 1 aromatic carbocycles. The van der Waals surface area contributed by atoms with Gasteiger partial charge in [0.05, 0.1) is 18.8 Å². The van der Waals surface area contributed by atoms with Crippen molar-refractivity contribution in [3.8, 4) is 0 Å². The first kappa shape index (κ1) is 19.8. The molecule has 0 bridgehead atoms. The average molecular weight is 402 g/mol. The lowest BCUT2D eigenvalue weighted by atomic mass is 10.2. The normalized spacial score (nSPS) is 10.7. The summed E-state index contributed by atoms with van der Waals surface area (Å²) in [4.78, 5) is 31.3. The van der Waals surface area contributed by atoms with Gasteiger partial charge in [-0.3, -0.25) is 9.69 Å². The van der Waals surface area contributed by atoms with Crippen molar-refractivity contribution in [1.29, 1.82) is 0 Å². The van der Waals surface area contributed by atoms with Gasteiger partial charge in [-0.05, 0) is 50.6 Å². The fourth-order valence-corrected chi connectivity index (χ4v) is 3.52. The standard InChI is InChI=1S/C20H19FN2O4S/c1-4-26-19(25)17-13(3)22-20(28-17)23(11-14-6-8-15(21)9-7-14)18(24)16-10-5-12(2)27-16/h5-10H,4,11H2,1-3H3. The second-order valence-corrected chi connectivity index (χ2v) is 7.04. The third-order valence-electron chi connectivity index (χ3n) is 3.93. The number of aromatic nitrogens is 1. The van der Waals surface area contributed by atoms with Crippen LogP contribution in [0.25, 0.3) is 0 Å². The number of nitrogens with zero attached hydrogens (tertiary/aromatic N) is 2. The number of carbonyl (C=O) groups is 2. The average Bonchev–Trinajstić information content (AvgIpc) is 3.27. The molecule has 146 valence electrons. The van der Waals surface area contributed by atoms with Gasteiger partial charge in [-0.15, -0.1) is 0 Å². The lowest BCUT2D eigenvalue weighted by Crippen LogP contribution is -2.30. The Morgan fingerprint density at radius 2 is 1.89 bits per heavy atom. The molecule has 2 aromatic heterocycles. The molecule has 0 fully saturated rings. The Labute approximate surface area is 165 Å². The molecule has 0 unspecified atom stereocenters. The number of esters is 1. The SMILES string of the molecule is CCOC(=O)c1sc(N(Cc2ccc(F)cc2)C(=O)c2ccc(C)o2)nc1C. The lowest BCUT2D eigenvalue weighted by Gasteiger charge is -2.19. The highest BCUT2D eigenvalue weighted by Gasteiger charge is 2.26. The van der Waals surface area contributed by atoms with Crippen molar-refractivity contribution in [2.75, 3.05) is 11.5 Å². The molecule has 8 heteroatoms. The fraction of sp³-hybridized carbons (Fsp3) is 0.250. The summed E-state index contributed by atoms with van der Waals surface area (Å²) in [5.41, 5.74) is 1.19. The minimum Gasteiger partial charge on any atom is -0.462 e. The molecule has 3 aromatic rings. The molecule has 0 saturated carbocycles. The van der Waals surface area contributed by atoms with Gasteiger partial charge in [0, 0.05) is 0 Å². The minimum atomic E-state index is -0.480. The first-order chi connectivity index (χ1) is 13.4. The van der Waals surface area contributed by atoms with Gasteiger partial charge in [0.15, 0.2) is 10.9 Å². The molecule has 0 saturated heterocycles. The molecule has 0 radical (unpaired) electrons. The summed E-state index contributed by atoms with van der Waals surface area (Å²) in [6, 6.07) is 9.12. The van der Waals surface area contributed by atoms with Gasteiger partial charge in [-0.1, -0.05) is 23.5 Å². The Kier molecular flexibility index (Phi) is 5.89. The van der Waals surface area contributed by atoms with Gasteiger partial charge in [-0.2, -0.15) is 0 Å². The molecule has 0 aliphatic rings. The molecule has 1 amide bonds. The van der Waals surface area contributed by atoms with Crippen molar-refractivity contribution in [1.82, 2.24) is 4.98 Å². The summed E-state index contributed by atoms with van der Waals surface area (Å²) in [6.45, 7) is 5.54. The molecule has 2 heterocycles. The van der Waals surface area contributed by atoms with Gasteiger partial charge in [0.25, 0.3) is 5.91 Å². The number of hydrogen-bond donors (Lipinski definition) is 0. The van der Waals surface area contributed by atoms with Crippen molar-refractivity contribution >= 4 is 28.3 Å². The minimum absolute atomic E-state index is 0.147. The van der Waals surface area contributed by atoms with Crippen LogP contribution in [0.2, 0.25) is 0 Å². The second-order valence-electron chi connectivity index (χ2n) is 6.06. The first-order valence-electron chi connectivity index (χ1n) is 8.66. The largest absolute Gasteiger partial charge is 0.462 e. The van der Waals surface area contributed by atoms with Gasteiger partial charge in [0.1, 0.15) is 16.5 Å². The van der Waals surface area contributed by atoms with Crippen molar-refractivity contribution in [3.05, 3.63) is 69.9 Å². The number of anilines is 1. The van der Waals surface area contributed by atoms with E-state index in [1.165, 1.54) is 17.0 Å². The molecule has 0 N–H and O–H groups in total. The molecule has 0 aliphatic heterocycles. The summed E-state index contributed by atoms with van der Waals surface area (Å²) < 4.78 is 23.7. The van der Waals surface area contributed by atoms with E-state index >= 15 is 0 Å². The van der Waals surface area contributed by atoms with Gasteiger partial charge in [0.2, 0.25) is 0 Å². The summed E-state index contributed by atoms with van der Waals surface area (Å²) in [5, 5.41) is 0.337. The van der Waals surface area contributed by atoms with E-state index in [9.17, 15) is 14.0 Å². The Bertz CT molecular complexity index is 994. The monoisotopic (exact) mass is 402 g/mol. The van der Waals surface area contributed by atoms with E-state index in [1.807, 2.05) is 0 Å². The predicted octanol–water partition coefficient (Wildman–Crippen LogP) is 4.52. The van der Waals surface area contributed by atoms with Crippen molar-refractivity contribution in [2.45, 2.75) is 27.3 Å². The summed E-state index contributed by atoms with van der Waals surface area (Å²) >= 11 is 1.07. The molecule has 28 heavy (non-hydrogen) atoms. The van der Waals surface area contributed by atoms with Gasteiger partial charge in [-0.25, -0.2) is 14.2 Å². The number of hydrogen-bond acceptors (Lipinski definition) is 6. The Morgan fingerprint density at radius 1 is 1.18 bits per heavy atom. The number of ether oxygens (including phenoxy) is 1. The number of thiazole rings is 1. The predicted molar refractivity (Wildman–Crippen MR) is 103 cm³/mol. The lowest BCUT2D eigenvalue weighted by molar-refractivity contribution is 0.0531. The van der Waals surface area contributed by atoms with Crippen LogP contribution in [-0.4, -0.2) is 23.5 Å². The first-order valence-corrected chi connectivity index (χ1v) is 9.48. The van der Waals surface area contributed by atoms with Gasteiger partial charge >= 0.3 is 5.97 Å². The maximum Gasteiger partial charge on any atom is 0.350 e. The third-order valence-corrected chi connectivity index (χ3v) is 5.09. The molecular formula is C20H19FN2O4S. The van der Waals surface area contributed by atoms with E-state index < -0.39 is 11.9 Å². The maximum absolute atomic E-state index is 13.2. The highest BCUT2D eigenvalue weighted by atomic mass is 32.1. The van der Waals surface area contributed by atoms with E-state index in [-0.39, 0.29) is 24.7 Å². The zero-order valence-electron chi connectivity index (χ0n) is 15.7. The van der Waals surface area contributed by atoms with Crippen LogP contribution in [0.5, 0.6) is 0 Å². The van der Waals surface area contributed by atoms with Crippen LogP contribution >= 0.6 is 11.3 Å². The molecule has 0 spiro atoms. The molecule has 6 nitrogen and oxygen atoms in total. The number of halogens is 1. The van der Waals surface area contributed by atoms with E-state index in [0.717, 1.165) is 11.3 Å². The smallest absolute Gasteiger partial charge is 0.350 e. The highest BCUT2D eigenvalue weighted by molar-refractivity contribution is 7.17. The Morgan fingerprint density at radius 3 is 2.50 bits per heavy atom. The van der Waals surface area contributed by atoms with Crippen LogP contribution in [-0.2, 0) is 11.3 Å². The topological polar surface area (TPSA) is 72.6 Å². The number of aryl methyl sites for hydroxylation is 2. The zero-order valence-corrected chi connectivity index (χ0v) is 16.5. The quantitative estimate of drug-likeness (QED) is 0.567. The fourth-order valence-electron chi connectivity index (χ4n) is 2.56. The number of rotatable bonds is 6. The number of furan rings is 1. The van der Waals surface area contributed by atoms with Crippen molar-refractivity contribution in [2.24, 2.45) is 0 Å². The van der Waals surface area contributed by atoms with Crippen LogP contribution < -0.4 is 4.90 Å². The number of amides is 1. The van der Waals surface area contributed by atoms with Crippen LogP contribution in [0.3, 0.4) is 0 Å². The van der Waals surface area contributed by atoms with E-state index in [4.69, 9.17) is 9.15 Å². The van der Waals surface area contributed by atoms with E-state index in [2.05, 4.69) is 4.98 Å². The van der Waals surface area contributed by atoms with Crippen LogP contribution in [0.4, 0.5) is 9.52 Å².